The second-order valence-electron chi connectivity index (χ2n) is 5.19. The first-order valence-corrected chi connectivity index (χ1v) is 8.28. The van der Waals surface area contributed by atoms with Gasteiger partial charge in [-0.1, -0.05) is 18.8 Å². The number of hydrogen-bond donors (Lipinski definition) is 1. The molecule has 0 amide bonds. The largest absolute Gasteiger partial charge is 0.384 e. The Morgan fingerprint density at radius 2 is 2.05 bits per heavy atom. The number of nitrogens with zero attached hydrogens (tertiary/aromatic N) is 1. The molecule has 21 heavy (non-hydrogen) atoms. The van der Waals surface area contributed by atoms with Crippen molar-refractivity contribution in [3.63, 3.8) is 0 Å². The van der Waals surface area contributed by atoms with E-state index in [9.17, 15) is 12.8 Å². The van der Waals surface area contributed by atoms with E-state index in [0.29, 0.717) is 24.6 Å². The van der Waals surface area contributed by atoms with Crippen LogP contribution in [0.4, 0.5) is 4.39 Å². The fraction of sp³-hybridized carbons (Fsp3) is 0.467. The average molecular weight is 311 g/mol. The smallest absolute Gasteiger partial charge is 0.245 e. The molecule has 1 N–H and O–H groups in total. The van der Waals surface area contributed by atoms with Gasteiger partial charge >= 0.3 is 0 Å². The van der Waals surface area contributed by atoms with E-state index in [-0.39, 0.29) is 11.5 Å². The molecule has 1 fully saturated rings. The van der Waals surface area contributed by atoms with Gasteiger partial charge in [0.1, 0.15) is 17.3 Å². The fourth-order valence-electron chi connectivity index (χ4n) is 2.29. The highest BCUT2D eigenvalue weighted by atomic mass is 32.2. The molecule has 4 nitrogen and oxygen atoms in total. The Morgan fingerprint density at radius 1 is 1.38 bits per heavy atom. The van der Waals surface area contributed by atoms with Crippen LogP contribution in [0.3, 0.4) is 0 Å². The molecule has 0 radical (unpaired) electrons. The molecule has 0 aromatic heterocycles. The highest BCUT2D eigenvalue weighted by Crippen LogP contribution is 2.25. The van der Waals surface area contributed by atoms with E-state index in [1.165, 1.54) is 16.4 Å². The molecule has 114 valence electrons. The molecular formula is C15H18FNO3S. The number of piperidine rings is 1. The van der Waals surface area contributed by atoms with Gasteiger partial charge in [-0.2, -0.15) is 4.31 Å². The van der Waals surface area contributed by atoms with Crippen molar-refractivity contribution in [3.8, 4) is 11.8 Å². The second-order valence-corrected chi connectivity index (χ2v) is 7.10. The third-order valence-electron chi connectivity index (χ3n) is 3.60. The molecule has 0 bridgehead atoms. The minimum absolute atomic E-state index is 0.313. The summed E-state index contributed by atoms with van der Waals surface area (Å²) in [7, 11) is -3.79. The molecule has 2 rings (SSSR count). The predicted molar refractivity (Wildman–Crippen MR) is 77.5 cm³/mol. The van der Waals surface area contributed by atoms with Crippen molar-refractivity contribution >= 4 is 10.0 Å². The maximum atomic E-state index is 14.1. The second kappa shape index (κ2) is 6.56. The minimum atomic E-state index is -3.79. The van der Waals surface area contributed by atoms with Crippen molar-refractivity contribution in [1.29, 1.82) is 0 Å². The van der Waals surface area contributed by atoms with Crippen LogP contribution in [0.1, 0.15) is 25.3 Å². The lowest BCUT2D eigenvalue weighted by molar-refractivity contribution is 0.287. The summed E-state index contributed by atoms with van der Waals surface area (Å²) in [6.45, 7) is 2.61. The van der Waals surface area contributed by atoms with E-state index < -0.39 is 15.8 Å². The van der Waals surface area contributed by atoms with Crippen molar-refractivity contribution in [2.75, 3.05) is 19.7 Å². The number of benzene rings is 1. The van der Waals surface area contributed by atoms with Gasteiger partial charge in [-0.3, -0.25) is 0 Å². The van der Waals surface area contributed by atoms with E-state index in [2.05, 4.69) is 18.8 Å². The van der Waals surface area contributed by atoms with E-state index in [1.54, 1.807) is 0 Å². The molecule has 0 spiro atoms. The van der Waals surface area contributed by atoms with Crippen LogP contribution in [0.15, 0.2) is 23.1 Å². The average Bonchev–Trinajstić information content (AvgIpc) is 2.45. The normalized spacial score (nSPS) is 17.3. The number of rotatable bonds is 2. The van der Waals surface area contributed by atoms with Crippen molar-refractivity contribution < 1.29 is 17.9 Å². The number of aliphatic hydroxyl groups excluding tert-OH is 1. The minimum Gasteiger partial charge on any atom is -0.384 e. The van der Waals surface area contributed by atoms with E-state index in [0.717, 1.165) is 18.9 Å². The summed E-state index contributed by atoms with van der Waals surface area (Å²) >= 11 is 0. The van der Waals surface area contributed by atoms with Gasteiger partial charge in [0.15, 0.2) is 0 Å². The summed E-state index contributed by atoms with van der Waals surface area (Å²) < 4.78 is 40.3. The molecule has 1 aliphatic heterocycles. The monoisotopic (exact) mass is 311 g/mol. The Kier molecular flexibility index (Phi) is 4.99. The van der Waals surface area contributed by atoms with Gasteiger partial charge in [-0.05, 0) is 37.0 Å². The summed E-state index contributed by atoms with van der Waals surface area (Å²) in [6, 6.07) is 3.78. The Morgan fingerprint density at radius 3 is 2.62 bits per heavy atom. The fourth-order valence-corrected chi connectivity index (χ4v) is 3.81. The zero-order valence-electron chi connectivity index (χ0n) is 11.8. The molecule has 1 aromatic rings. The summed E-state index contributed by atoms with van der Waals surface area (Å²) in [5.41, 5.74) is 0.341. The molecule has 0 unspecified atom stereocenters. The molecule has 1 aliphatic rings. The lowest BCUT2D eigenvalue weighted by Crippen LogP contribution is -2.38. The maximum absolute atomic E-state index is 14.1. The van der Waals surface area contributed by atoms with Crippen LogP contribution in [0.25, 0.3) is 0 Å². The molecule has 1 heterocycles. The first-order chi connectivity index (χ1) is 9.95. The van der Waals surface area contributed by atoms with Crippen LogP contribution in [0.2, 0.25) is 0 Å². The van der Waals surface area contributed by atoms with Gasteiger partial charge in [-0.25, -0.2) is 12.8 Å². The first kappa shape index (κ1) is 16.0. The van der Waals surface area contributed by atoms with Gasteiger partial charge in [0.05, 0.1) is 0 Å². The standard InChI is InChI=1S/C15H18FNO3S/c1-12-6-8-17(9-7-12)21(19,20)15-5-4-13(3-2-10-18)11-14(15)16/h4-5,11-12,18H,6-10H2,1H3. The van der Waals surface area contributed by atoms with Crippen LogP contribution in [-0.4, -0.2) is 37.5 Å². The Balaban J connectivity index is 2.28. The molecule has 0 aliphatic carbocycles. The zero-order valence-corrected chi connectivity index (χ0v) is 12.7. The van der Waals surface area contributed by atoms with Crippen LogP contribution in [-0.2, 0) is 10.0 Å². The van der Waals surface area contributed by atoms with Gasteiger partial charge in [0.25, 0.3) is 0 Å². The third kappa shape index (κ3) is 3.62. The molecular weight excluding hydrogens is 293 g/mol. The highest BCUT2D eigenvalue weighted by Gasteiger charge is 2.30. The summed E-state index contributed by atoms with van der Waals surface area (Å²) in [5, 5.41) is 8.60. The quantitative estimate of drug-likeness (QED) is 0.844. The number of aliphatic hydroxyl groups is 1. The van der Waals surface area contributed by atoms with E-state index >= 15 is 0 Å². The molecule has 0 atom stereocenters. The first-order valence-electron chi connectivity index (χ1n) is 6.84. The number of hydrogen-bond acceptors (Lipinski definition) is 3. The van der Waals surface area contributed by atoms with Crippen molar-refractivity contribution in [2.24, 2.45) is 5.92 Å². The van der Waals surface area contributed by atoms with Crippen molar-refractivity contribution in [3.05, 3.63) is 29.6 Å². The summed E-state index contributed by atoms with van der Waals surface area (Å²) in [6.07, 6.45) is 1.59. The van der Waals surface area contributed by atoms with E-state index in [4.69, 9.17) is 5.11 Å². The molecule has 1 aromatic carbocycles. The lowest BCUT2D eigenvalue weighted by Gasteiger charge is -2.29. The topological polar surface area (TPSA) is 57.6 Å². The number of halogens is 1. The highest BCUT2D eigenvalue weighted by molar-refractivity contribution is 7.89. The Hall–Kier alpha value is -1.42. The SMILES string of the molecule is CC1CCN(S(=O)(=O)c2ccc(C#CCO)cc2F)CC1. The van der Waals surface area contributed by atoms with Crippen LogP contribution in [0.5, 0.6) is 0 Å². The van der Waals surface area contributed by atoms with E-state index in [1.807, 2.05) is 0 Å². The zero-order chi connectivity index (χ0) is 15.5. The maximum Gasteiger partial charge on any atom is 0.245 e. The third-order valence-corrected chi connectivity index (χ3v) is 5.54. The molecule has 1 saturated heterocycles. The summed E-state index contributed by atoms with van der Waals surface area (Å²) in [5.74, 6) is 4.64. The predicted octanol–water partition coefficient (Wildman–Crippen LogP) is 1.59. The molecule has 0 saturated carbocycles. The van der Waals surface area contributed by atoms with Crippen LogP contribution >= 0.6 is 0 Å². The Labute approximate surface area is 124 Å². The molecule has 6 heteroatoms. The van der Waals surface area contributed by atoms with Gasteiger partial charge < -0.3 is 5.11 Å². The van der Waals surface area contributed by atoms with Gasteiger partial charge in [-0.15, -0.1) is 0 Å². The van der Waals surface area contributed by atoms with Crippen LogP contribution in [0, 0.1) is 23.6 Å². The van der Waals surface area contributed by atoms with Crippen LogP contribution < -0.4 is 0 Å². The van der Waals surface area contributed by atoms with Gasteiger partial charge in [0.2, 0.25) is 10.0 Å². The lowest BCUT2D eigenvalue weighted by atomic mass is 10.0. The van der Waals surface area contributed by atoms with Crippen molar-refractivity contribution in [1.82, 2.24) is 4.31 Å². The van der Waals surface area contributed by atoms with Gasteiger partial charge in [0, 0.05) is 18.7 Å². The Bertz CT molecular complexity index is 668. The summed E-state index contributed by atoms with van der Waals surface area (Å²) in [4.78, 5) is -0.313. The number of sulfonamides is 1. The van der Waals surface area contributed by atoms with Crippen molar-refractivity contribution in [2.45, 2.75) is 24.7 Å².